The zero-order valence-electron chi connectivity index (χ0n) is 11.7. The monoisotopic (exact) mass is 290 g/mol. The number of rotatable bonds is 2. The Hall–Kier alpha value is -2.26. The van der Waals surface area contributed by atoms with Crippen LogP contribution < -0.4 is 0 Å². The number of benzene rings is 2. The lowest BCUT2D eigenvalue weighted by Gasteiger charge is -2.05. The fraction of sp³-hybridized carbons (Fsp3) is 0.111. The molecule has 0 bridgehead atoms. The summed E-state index contributed by atoms with van der Waals surface area (Å²) in [6.07, 6.45) is 2.73. The second-order valence-electron chi connectivity index (χ2n) is 5.24. The van der Waals surface area contributed by atoms with Crippen LogP contribution in [-0.4, -0.2) is 9.97 Å². The predicted octanol–water partition coefficient (Wildman–Crippen LogP) is 4.74. The normalized spacial score (nSPS) is 11.3. The van der Waals surface area contributed by atoms with Gasteiger partial charge in [0.05, 0.1) is 20.7 Å². The topological polar surface area (TPSA) is 25.8 Å². The Morgan fingerprint density at radius 1 is 1.05 bits per heavy atom. The highest BCUT2D eigenvalue weighted by atomic mass is 32.1. The lowest BCUT2D eigenvalue weighted by Crippen LogP contribution is -1.91. The first kappa shape index (κ1) is 12.5. The first-order chi connectivity index (χ1) is 10.3. The van der Waals surface area contributed by atoms with Crippen molar-refractivity contribution in [3.8, 4) is 0 Å². The van der Waals surface area contributed by atoms with Gasteiger partial charge in [0.25, 0.3) is 0 Å². The van der Waals surface area contributed by atoms with Gasteiger partial charge in [-0.2, -0.15) is 0 Å². The van der Waals surface area contributed by atoms with Gasteiger partial charge in [0, 0.05) is 18.0 Å². The van der Waals surface area contributed by atoms with Crippen molar-refractivity contribution in [2.24, 2.45) is 0 Å². The minimum atomic E-state index is 0.880. The molecule has 2 aromatic carbocycles. The predicted molar refractivity (Wildman–Crippen MR) is 88.9 cm³/mol. The van der Waals surface area contributed by atoms with Crippen molar-refractivity contribution in [1.82, 2.24) is 9.97 Å². The molecule has 0 amide bonds. The summed E-state index contributed by atoms with van der Waals surface area (Å²) in [6.45, 7) is 2.12. The summed E-state index contributed by atoms with van der Waals surface area (Å²) < 4.78 is 1.26. The molecule has 2 nitrogen and oxygen atoms in total. The lowest BCUT2D eigenvalue weighted by atomic mass is 10.0. The van der Waals surface area contributed by atoms with Crippen LogP contribution in [0.2, 0.25) is 0 Å². The molecule has 0 aliphatic rings. The van der Waals surface area contributed by atoms with Crippen molar-refractivity contribution in [3.63, 3.8) is 0 Å². The lowest BCUT2D eigenvalue weighted by molar-refractivity contribution is 1.15. The third-order valence-corrected chi connectivity index (χ3v) is 4.69. The van der Waals surface area contributed by atoms with Crippen LogP contribution in [0.25, 0.3) is 21.1 Å². The maximum Gasteiger partial charge on any atom is 0.0982 e. The van der Waals surface area contributed by atoms with Gasteiger partial charge in [-0.25, -0.2) is 4.98 Å². The van der Waals surface area contributed by atoms with Crippen molar-refractivity contribution in [2.75, 3.05) is 0 Å². The standard InChI is InChI=1S/C18H14N2S/c1-12-9-13(10-14-5-4-8-19-18(12)14)11-17-20-15-6-2-3-7-16(15)21-17/h2-10H,11H2,1H3. The average molecular weight is 290 g/mol. The molecule has 0 saturated carbocycles. The Morgan fingerprint density at radius 3 is 2.86 bits per heavy atom. The van der Waals surface area contributed by atoms with Crippen molar-refractivity contribution in [2.45, 2.75) is 13.3 Å². The third kappa shape index (κ3) is 2.30. The minimum absolute atomic E-state index is 0.880. The first-order valence-electron chi connectivity index (χ1n) is 6.98. The van der Waals surface area contributed by atoms with E-state index in [0.717, 1.165) is 17.5 Å². The molecule has 2 aromatic heterocycles. The van der Waals surface area contributed by atoms with Crippen LogP contribution in [0.1, 0.15) is 16.1 Å². The number of pyridine rings is 1. The molecule has 0 radical (unpaired) electrons. The van der Waals surface area contributed by atoms with Crippen molar-refractivity contribution >= 4 is 32.5 Å². The number of nitrogens with zero attached hydrogens (tertiary/aromatic N) is 2. The zero-order chi connectivity index (χ0) is 14.2. The molecule has 0 spiro atoms. The summed E-state index contributed by atoms with van der Waals surface area (Å²) in [4.78, 5) is 9.17. The summed E-state index contributed by atoms with van der Waals surface area (Å²) in [5.74, 6) is 0. The highest BCUT2D eigenvalue weighted by Crippen LogP contribution is 2.25. The SMILES string of the molecule is Cc1cc(Cc2nc3ccccc3s2)cc2cccnc12. The van der Waals surface area contributed by atoms with E-state index >= 15 is 0 Å². The molecular formula is C18H14N2S. The maximum absolute atomic E-state index is 4.72. The van der Waals surface area contributed by atoms with Gasteiger partial charge in [0.2, 0.25) is 0 Å². The number of aryl methyl sites for hydroxylation is 1. The van der Waals surface area contributed by atoms with Crippen molar-refractivity contribution in [3.05, 3.63) is 70.9 Å². The summed E-state index contributed by atoms with van der Waals surface area (Å²) in [5, 5.41) is 2.37. The molecule has 4 rings (SSSR count). The van der Waals surface area contributed by atoms with Crippen LogP contribution in [0.5, 0.6) is 0 Å². The minimum Gasteiger partial charge on any atom is -0.256 e. The fourth-order valence-corrected chi connectivity index (χ4v) is 3.73. The molecular weight excluding hydrogens is 276 g/mol. The number of para-hydroxylation sites is 1. The first-order valence-corrected chi connectivity index (χ1v) is 7.80. The quantitative estimate of drug-likeness (QED) is 0.532. The molecule has 0 aliphatic carbocycles. The summed E-state index contributed by atoms with van der Waals surface area (Å²) in [7, 11) is 0. The zero-order valence-corrected chi connectivity index (χ0v) is 12.5. The molecule has 4 aromatic rings. The molecule has 0 saturated heterocycles. The third-order valence-electron chi connectivity index (χ3n) is 3.65. The highest BCUT2D eigenvalue weighted by Gasteiger charge is 2.07. The highest BCUT2D eigenvalue weighted by molar-refractivity contribution is 7.18. The van der Waals surface area contributed by atoms with E-state index in [1.807, 2.05) is 18.3 Å². The van der Waals surface area contributed by atoms with Crippen LogP contribution in [0, 0.1) is 6.92 Å². The Morgan fingerprint density at radius 2 is 1.95 bits per heavy atom. The van der Waals surface area contributed by atoms with E-state index in [2.05, 4.69) is 48.3 Å². The van der Waals surface area contributed by atoms with Crippen molar-refractivity contribution in [1.29, 1.82) is 0 Å². The van der Waals surface area contributed by atoms with Crippen LogP contribution in [0.4, 0.5) is 0 Å². The summed E-state index contributed by atoms with van der Waals surface area (Å²) >= 11 is 1.78. The van der Waals surface area contributed by atoms with Gasteiger partial charge in [-0.1, -0.05) is 24.3 Å². The molecule has 0 fully saturated rings. The molecule has 0 unspecified atom stereocenters. The van der Waals surface area contributed by atoms with E-state index in [0.29, 0.717) is 0 Å². The molecule has 102 valence electrons. The van der Waals surface area contributed by atoms with E-state index in [1.165, 1.54) is 26.2 Å². The maximum atomic E-state index is 4.72. The number of hydrogen-bond donors (Lipinski definition) is 0. The molecule has 21 heavy (non-hydrogen) atoms. The molecule has 3 heteroatoms. The van der Waals surface area contributed by atoms with Gasteiger partial charge >= 0.3 is 0 Å². The Kier molecular flexibility index (Phi) is 2.93. The van der Waals surface area contributed by atoms with E-state index < -0.39 is 0 Å². The van der Waals surface area contributed by atoms with E-state index in [1.54, 1.807) is 11.3 Å². The molecule has 0 N–H and O–H groups in total. The summed E-state index contributed by atoms with van der Waals surface area (Å²) in [5.41, 5.74) is 4.71. The number of hydrogen-bond acceptors (Lipinski definition) is 3. The molecule has 2 heterocycles. The summed E-state index contributed by atoms with van der Waals surface area (Å²) in [6, 6.07) is 16.9. The van der Waals surface area contributed by atoms with E-state index in [4.69, 9.17) is 4.98 Å². The number of thiazole rings is 1. The Balaban J connectivity index is 1.76. The van der Waals surface area contributed by atoms with Gasteiger partial charge in [0.15, 0.2) is 0 Å². The van der Waals surface area contributed by atoms with Crippen molar-refractivity contribution < 1.29 is 0 Å². The van der Waals surface area contributed by atoms with E-state index in [-0.39, 0.29) is 0 Å². The van der Waals surface area contributed by atoms with Gasteiger partial charge in [-0.3, -0.25) is 4.98 Å². The number of fused-ring (bicyclic) bond motifs is 2. The van der Waals surface area contributed by atoms with Gasteiger partial charge < -0.3 is 0 Å². The Bertz CT molecular complexity index is 907. The van der Waals surface area contributed by atoms with Crippen LogP contribution in [-0.2, 0) is 6.42 Å². The van der Waals surface area contributed by atoms with E-state index in [9.17, 15) is 0 Å². The largest absolute Gasteiger partial charge is 0.256 e. The van der Waals surface area contributed by atoms with Crippen LogP contribution in [0.15, 0.2) is 54.7 Å². The molecule has 0 aliphatic heterocycles. The average Bonchev–Trinajstić information content (AvgIpc) is 2.89. The van der Waals surface area contributed by atoms with Crippen LogP contribution >= 0.6 is 11.3 Å². The van der Waals surface area contributed by atoms with Crippen LogP contribution in [0.3, 0.4) is 0 Å². The molecule has 0 atom stereocenters. The second-order valence-corrected chi connectivity index (χ2v) is 6.36. The number of aromatic nitrogens is 2. The smallest absolute Gasteiger partial charge is 0.0982 e. The second kappa shape index (κ2) is 4.93. The van der Waals surface area contributed by atoms with Gasteiger partial charge in [-0.15, -0.1) is 11.3 Å². The van der Waals surface area contributed by atoms with Gasteiger partial charge in [-0.05, 0) is 42.3 Å². The Labute approximate surface area is 127 Å². The van der Waals surface area contributed by atoms with Gasteiger partial charge in [0.1, 0.15) is 0 Å². The fourth-order valence-electron chi connectivity index (χ4n) is 2.72.